The summed E-state index contributed by atoms with van der Waals surface area (Å²) >= 11 is 0. The molecule has 10 heavy (non-hydrogen) atoms. The highest BCUT2D eigenvalue weighted by Crippen LogP contribution is 2.06. The maximum Gasteiger partial charge on any atom is 0.0919 e. The van der Waals surface area contributed by atoms with Crippen LogP contribution in [0.5, 0.6) is 0 Å². The number of hydrogen-bond acceptors (Lipinski definition) is 1. The van der Waals surface area contributed by atoms with Gasteiger partial charge in [-0.1, -0.05) is 13.8 Å². The van der Waals surface area contributed by atoms with E-state index in [2.05, 4.69) is 19.9 Å². The van der Waals surface area contributed by atoms with Crippen LogP contribution in [0.1, 0.15) is 40.0 Å². The molecule has 0 spiro atoms. The molecule has 1 heteroatoms. The summed E-state index contributed by atoms with van der Waals surface area (Å²) in [4.78, 5) is 0. The van der Waals surface area contributed by atoms with Gasteiger partial charge in [-0.15, -0.1) is 0 Å². The fourth-order valence-corrected chi connectivity index (χ4v) is 0.893. The molecular weight excluding hydrogens is 124 g/mol. The van der Waals surface area contributed by atoms with Crippen LogP contribution in [0.4, 0.5) is 0 Å². The monoisotopic (exact) mass is 142 g/mol. The Morgan fingerprint density at radius 3 is 2.40 bits per heavy atom. The van der Waals surface area contributed by atoms with E-state index in [0.717, 1.165) is 25.2 Å². The van der Waals surface area contributed by atoms with E-state index in [0.29, 0.717) is 0 Å². The van der Waals surface area contributed by atoms with Gasteiger partial charge in [0.2, 0.25) is 0 Å². The van der Waals surface area contributed by atoms with Crippen LogP contribution in [0, 0.1) is 0 Å². The minimum absolute atomic E-state index is 0.797. The van der Waals surface area contributed by atoms with Gasteiger partial charge < -0.3 is 4.74 Å². The first-order valence-corrected chi connectivity index (χ1v) is 4.16. The molecule has 0 rings (SSSR count). The largest absolute Gasteiger partial charge is 0.499 e. The van der Waals surface area contributed by atoms with Gasteiger partial charge in [-0.25, -0.2) is 0 Å². The quantitative estimate of drug-likeness (QED) is 0.536. The molecule has 0 aromatic carbocycles. The third-order valence-corrected chi connectivity index (χ3v) is 1.26. The van der Waals surface area contributed by atoms with E-state index in [4.69, 9.17) is 4.74 Å². The molecule has 0 N–H and O–H groups in total. The highest BCUT2D eigenvalue weighted by Gasteiger charge is 1.92. The normalized spacial score (nSPS) is 11.7. The van der Waals surface area contributed by atoms with Crippen molar-refractivity contribution in [2.75, 3.05) is 6.61 Å². The Kier molecular flexibility index (Phi) is 6.35. The van der Waals surface area contributed by atoms with Crippen molar-refractivity contribution in [3.05, 3.63) is 11.8 Å². The zero-order valence-electron chi connectivity index (χ0n) is 7.31. The van der Waals surface area contributed by atoms with E-state index in [1.165, 1.54) is 6.42 Å². The molecule has 0 atom stereocenters. The minimum atomic E-state index is 0.797. The molecule has 0 bridgehead atoms. The molecule has 0 heterocycles. The van der Waals surface area contributed by atoms with Crippen LogP contribution < -0.4 is 0 Å². The molecule has 0 fully saturated rings. The van der Waals surface area contributed by atoms with Crippen LogP contribution in [0.2, 0.25) is 0 Å². The Morgan fingerprint density at radius 2 is 2.00 bits per heavy atom. The van der Waals surface area contributed by atoms with Crippen molar-refractivity contribution in [2.24, 2.45) is 0 Å². The highest BCUT2D eigenvalue weighted by molar-refractivity contribution is 4.91. The van der Waals surface area contributed by atoms with Crippen LogP contribution in [0.25, 0.3) is 0 Å². The summed E-state index contributed by atoms with van der Waals surface area (Å²) in [7, 11) is 0. The average Bonchev–Trinajstić information content (AvgIpc) is 1.90. The first-order chi connectivity index (χ1) is 4.85. The third kappa shape index (κ3) is 4.42. The van der Waals surface area contributed by atoms with E-state index in [1.807, 2.05) is 6.92 Å². The van der Waals surface area contributed by atoms with Crippen molar-refractivity contribution in [2.45, 2.75) is 40.0 Å². The average molecular weight is 142 g/mol. The summed E-state index contributed by atoms with van der Waals surface area (Å²) in [6, 6.07) is 0. The van der Waals surface area contributed by atoms with Crippen LogP contribution in [-0.2, 0) is 4.74 Å². The molecule has 0 aliphatic heterocycles. The third-order valence-electron chi connectivity index (χ3n) is 1.26. The molecule has 0 aromatic heterocycles. The molecule has 0 amide bonds. The molecule has 0 unspecified atom stereocenters. The molecule has 0 radical (unpaired) electrons. The van der Waals surface area contributed by atoms with E-state index >= 15 is 0 Å². The van der Waals surface area contributed by atoms with Crippen molar-refractivity contribution >= 4 is 0 Å². The lowest BCUT2D eigenvalue weighted by Crippen LogP contribution is -1.90. The maximum absolute atomic E-state index is 5.38. The Labute approximate surface area is 64.1 Å². The standard InChI is InChI=1S/C9H18O/c1-4-7-9(8-5-2)10-6-3/h7H,4-6,8H2,1-3H3/b9-7-. The van der Waals surface area contributed by atoms with E-state index in [1.54, 1.807) is 0 Å². The number of rotatable bonds is 5. The minimum Gasteiger partial charge on any atom is -0.499 e. The summed E-state index contributed by atoms with van der Waals surface area (Å²) in [6.07, 6.45) is 5.50. The molecule has 0 saturated carbocycles. The molecule has 0 aromatic rings. The predicted molar refractivity (Wildman–Crippen MR) is 44.9 cm³/mol. The first-order valence-electron chi connectivity index (χ1n) is 4.16. The number of ether oxygens (including phenoxy) is 1. The van der Waals surface area contributed by atoms with Gasteiger partial charge in [0, 0.05) is 6.42 Å². The van der Waals surface area contributed by atoms with Crippen LogP contribution >= 0.6 is 0 Å². The second-order valence-electron chi connectivity index (χ2n) is 2.26. The SMILES string of the molecule is CC/C=C(/CCC)OCC. The second-order valence-corrected chi connectivity index (χ2v) is 2.26. The summed E-state index contributed by atoms with van der Waals surface area (Å²) in [6.45, 7) is 7.13. The van der Waals surface area contributed by atoms with Crippen LogP contribution in [0.15, 0.2) is 11.8 Å². The molecule has 60 valence electrons. The van der Waals surface area contributed by atoms with Crippen molar-refractivity contribution in [1.82, 2.24) is 0 Å². The Hall–Kier alpha value is -0.460. The van der Waals surface area contributed by atoms with Gasteiger partial charge in [-0.3, -0.25) is 0 Å². The van der Waals surface area contributed by atoms with Gasteiger partial charge in [-0.05, 0) is 25.8 Å². The van der Waals surface area contributed by atoms with Gasteiger partial charge in [0.25, 0.3) is 0 Å². The van der Waals surface area contributed by atoms with Crippen molar-refractivity contribution < 1.29 is 4.74 Å². The lowest BCUT2D eigenvalue weighted by molar-refractivity contribution is 0.216. The molecule has 0 aliphatic rings. The van der Waals surface area contributed by atoms with Crippen LogP contribution in [0.3, 0.4) is 0 Å². The van der Waals surface area contributed by atoms with Gasteiger partial charge >= 0.3 is 0 Å². The predicted octanol–water partition coefficient (Wildman–Crippen LogP) is 3.12. The smallest absolute Gasteiger partial charge is 0.0919 e. The summed E-state index contributed by atoms with van der Waals surface area (Å²) in [5.41, 5.74) is 0. The lowest BCUT2D eigenvalue weighted by atomic mass is 10.2. The fourth-order valence-electron chi connectivity index (χ4n) is 0.893. The van der Waals surface area contributed by atoms with Gasteiger partial charge in [-0.2, -0.15) is 0 Å². The Bertz CT molecular complexity index is 86.9. The van der Waals surface area contributed by atoms with Crippen LogP contribution in [-0.4, -0.2) is 6.61 Å². The summed E-state index contributed by atoms with van der Waals surface area (Å²) in [5, 5.41) is 0. The molecule has 0 saturated heterocycles. The van der Waals surface area contributed by atoms with Gasteiger partial charge in [0.1, 0.15) is 0 Å². The molecule has 0 aliphatic carbocycles. The van der Waals surface area contributed by atoms with E-state index in [-0.39, 0.29) is 0 Å². The molecular formula is C9H18O. The lowest BCUT2D eigenvalue weighted by Gasteiger charge is -2.05. The topological polar surface area (TPSA) is 9.23 Å². The van der Waals surface area contributed by atoms with Gasteiger partial charge in [0.15, 0.2) is 0 Å². The van der Waals surface area contributed by atoms with Crippen molar-refractivity contribution in [3.63, 3.8) is 0 Å². The summed E-state index contributed by atoms with van der Waals surface area (Å²) in [5.74, 6) is 1.16. The van der Waals surface area contributed by atoms with Crippen molar-refractivity contribution in [1.29, 1.82) is 0 Å². The number of hydrogen-bond donors (Lipinski definition) is 0. The molecule has 1 nitrogen and oxygen atoms in total. The Morgan fingerprint density at radius 1 is 1.30 bits per heavy atom. The second kappa shape index (κ2) is 6.66. The van der Waals surface area contributed by atoms with Gasteiger partial charge in [0.05, 0.1) is 12.4 Å². The van der Waals surface area contributed by atoms with E-state index in [9.17, 15) is 0 Å². The van der Waals surface area contributed by atoms with Crippen molar-refractivity contribution in [3.8, 4) is 0 Å². The zero-order valence-corrected chi connectivity index (χ0v) is 7.31. The first kappa shape index (κ1) is 9.54. The van der Waals surface area contributed by atoms with E-state index < -0.39 is 0 Å². The maximum atomic E-state index is 5.38. The number of allylic oxidation sites excluding steroid dienone is 2. The highest BCUT2D eigenvalue weighted by atomic mass is 16.5. The fraction of sp³-hybridized carbons (Fsp3) is 0.778. The Balaban J connectivity index is 3.60. The summed E-state index contributed by atoms with van der Waals surface area (Å²) < 4.78 is 5.38. The zero-order chi connectivity index (χ0) is 7.82.